The minimum Gasteiger partial charge on any atom is -0.756 e. The lowest BCUT2D eigenvalue weighted by Crippen LogP contribution is -2.39. The lowest BCUT2D eigenvalue weighted by Gasteiger charge is -2.30. The van der Waals surface area contributed by atoms with E-state index in [1.807, 2.05) is 21.1 Å². The van der Waals surface area contributed by atoms with Crippen molar-refractivity contribution in [2.24, 2.45) is 0 Å². The number of phosphoric ester groups is 1. The second kappa shape index (κ2) is 35.4. The Balaban J connectivity index is 4.05. The first-order valence-corrected chi connectivity index (χ1v) is 22.5. The fourth-order valence-corrected chi connectivity index (χ4v) is 7.08. The van der Waals surface area contributed by atoms with Crippen LogP contribution in [0.3, 0.4) is 0 Å². The Morgan fingerprint density at radius 3 is 1.10 bits per heavy atom. The van der Waals surface area contributed by atoms with Crippen molar-refractivity contribution in [3.05, 3.63) is 0 Å². The van der Waals surface area contributed by atoms with Crippen LogP contribution in [0.25, 0.3) is 0 Å². The standard InChI is InChI=1S/C40H86N3O4P/c1-6-8-10-12-14-16-18-20-22-24-26-28-30-32-34-41-38-40(47-48(44,45)46-37-36-43(3,4)5)39-42-35-33-31-29-27-25-23-21-19-17-15-13-11-9-7-2/h40-42H,6-39H2,1-5H3. The van der Waals surface area contributed by atoms with Gasteiger partial charge in [0.1, 0.15) is 13.2 Å². The minimum atomic E-state index is -4.36. The number of nitrogens with one attached hydrogen (secondary N) is 2. The molecular formula is C40H86N3O4P. The van der Waals surface area contributed by atoms with Gasteiger partial charge in [-0.2, -0.15) is 0 Å². The van der Waals surface area contributed by atoms with Crippen LogP contribution in [0, 0.1) is 0 Å². The fraction of sp³-hybridized carbons (Fsp3) is 1.00. The number of unbranched alkanes of at least 4 members (excludes halogenated alkanes) is 26. The van der Waals surface area contributed by atoms with E-state index in [1.54, 1.807) is 0 Å². The van der Waals surface area contributed by atoms with Crippen LogP contribution in [0.2, 0.25) is 0 Å². The van der Waals surface area contributed by atoms with Crippen LogP contribution >= 0.6 is 7.82 Å². The third-order valence-corrected chi connectivity index (χ3v) is 10.5. The molecular weight excluding hydrogens is 617 g/mol. The summed E-state index contributed by atoms with van der Waals surface area (Å²) >= 11 is 0. The molecule has 0 saturated carbocycles. The zero-order valence-electron chi connectivity index (χ0n) is 33.1. The van der Waals surface area contributed by atoms with E-state index in [1.165, 1.54) is 167 Å². The molecule has 0 aliphatic heterocycles. The van der Waals surface area contributed by atoms with Crippen molar-refractivity contribution in [2.75, 3.05) is 60.5 Å². The molecule has 1 atom stereocenters. The number of rotatable bonds is 40. The van der Waals surface area contributed by atoms with Crippen LogP contribution in [0.15, 0.2) is 0 Å². The molecule has 0 aromatic carbocycles. The van der Waals surface area contributed by atoms with E-state index < -0.39 is 13.9 Å². The van der Waals surface area contributed by atoms with Crippen molar-refractivity contribution in [1.82, 2.24) is 10.6 Å². The molecule has 0 fully saturated rings. The van der Waals surface area contributed by atoms with E-state index in [0.717, 1.165) is 25.9 Å². The Kier molecular flexibility index (Phi) is 35.4. The average molecular weight is 704 g/mol. The summed E-state index contributed by atoms with van der Waals surface area (Å²) in [5, 5.41) is 6.91. The van der Waals surface area contributed by atoms with Crippen molar-refractivity contribution in [3.63, 3.8) is 0 Å². The van der Waals surface area contributed by atoms with Crippen molar-refractivity contribution >= 4 is 7.82 Å². The molecule has 290 valence electrons. The summed E-state index contributed by atoms with van der Waals surface area (Å²) in [4.78, 5) is 12.6. The second-order valence-corrected chi connectivity index (χ2v) is 17.0. The maximum atomic E-state index is 12.6. The van der Waals surface area contributed by atoms with Gasteiger partial charge in [-0.1, -0.05) is 181 Å². The van der Waals surface area contributed by atoms with Crippen molar-refractivity contribution < 1.29 is 23.0 Å². The molecule has 7 nitrogen and oxygen atoms in total. The number of hydrogen-bond acceptors (Lipinski definition) is 6. The van der Waals surface area contributed by atoms with Crippen molar-refractivity contribution in [3.8, 4) is 0 Å². The van der Waals surface area contributed by atoms with Crippen molar-refractivity contribution in [1.29, 1.82) is 0 Å². The van der Waals surface area contributed by atoms with Crippen LogP contribution in [-0.4, -0.2) is 71.1 Å². The lowest BCUT2D eigenvalue weighted by molar-refractivity contribution is -0.870. The van der Waals surface area contributed by atoms with E-state index >= 15 is 0 Å². The molecule has 8 heteroatoms. The summed E-state index contributed by atoms with van der Waals surface area (Å²) in [5.74, 6) is 0. The first-order chi connectivity index (χ1) is 23.2. The van der Waals surface area contributed by atoms with Gasteiger partial charge in [0.25, 0.3) is 7.82 Å². The highest BCUT2D eigenvalue weighted by molar-refractivity contribution is 7.45. The molecule has 0 rings (SSSR count). The van der Waals surface area contributed by atoms with Gasteiger partial charge in [0.2, 0.25) is 0 Å². The maximum Gasteiger partial charge on any atom is 0.268 e. The van der Waals surface area contributed by atoms with Crippen LogP contribution in [0.5, 0.6) is 0 Å². The van der Waals surface area contributed by atoms with Crippen LogP contribution < -0.4 is 15.5 Å². The molecule has 0 spiro atoms. The first kappa shape index (κ1) is 48.0. The Bertz CT molecular complexity index is 656. The van der Waals surface area contributed by atoms with Crippen LogP contribution in [0.1, 0.15) is 194 Å². The molecule has 0 aromatic heterocycles. The monoisotopic (exact) mass is 704 g/mol. The normalized spacial score (nSPS) is 13.5. The molecule has 0 radical (unpaired) electrons. The van der Waals surface area contributed by atoms with Gasteiger partial charge in [0.15, 0.2) is 0 Å². The average Bonchev–Trinajstić information content (AvgIpc) is 3.03. The SMILES string of the molecule is CCCCCCCCCCCCCCCCNCC(CNCCCCCCCCCCCCCCCC)OP(=O)([O-])OCC[N+](C)(C)C. The van der Waals surface area contributed by atoms with Gasteiger partial charge in [-0.3, -0.25) is 4.57 Å². The number of hydrogen-bond donors (Lipinski definition) is 2. The van der Waals surface area contributed by atoms with Crippen LogP contribution in [0.4, 0.5) is 0 Å². The molecule has 0 amide bonds. The zero-order chi connectivity index (χ0) is 35.4. The highest BCUT2D eigenvalue weighted by atomic mass is 31.2. The van der Waals surface area contributed by atoms with Gasteiger partial charge in [0, 0.05) is 13.1 Å². The molecule has 0 aliphatic carbocycles. The highest BCUT2D eigenvalue weighted by Crippen LogP contribution is 2.39. The minimum absolute atomic E-state index is 0.135. The summed E-state index contributed by atoms with van der Waals surface area (Å²) in [5.41, 5.74) is 0. The first-order valence-electron chi connectivity index (χ1n) is 21.1. The van der Waals surface area contributed by atoms with E-state index in [-0.39, 0.29) is 6.61 Å². The second-order valence-electron chi connectivity index (χ2n) is 15.6. The van der Waals surface area contributed by atoms with Gasteiger partial charge < -0.3 is 29.1 Å². The third-order valence-electron chi connectivity index (χ3n) is 9.45. The van der Waals surface area contributed by atoms with Gasteiger partial charge in [-0.25, -0.2) is 0 Å². The molecule has 2 N–H and O–H groups in total. The number of likely N-dealkylation sites (N-methyl/N-ethyl adjacent to an activating group) is 1. The smallest absolute Gasteiger partial charge is 0.268 e. The van der Waals surface area contributed by atoms with E-state index in [4.69, 9.17) is 9.05 Å². The van der Waals surface area contributed by atoms with E-state index in [9.17, 15) is 9.46 Å². The lowest BCUT2D eigenvalue weighted by atomic mass is 10.0. The Labute approximate surface area is 301 Å². The predicted octanol–water partition coefficient (Wildman–Crippen LogP) is 10.7. The van der Waals surface area contributed by atoms with Gasteiger partial charge in [-0.15, -0.1) is 0 Å². The fourth-order valence-electron chi connectivity index (χ4n) is 6.20. The molecule has 0 bridgehead atoms. The number of nitrogens with zero attached hydrogens (tertiary/aromatic N) is 1. The summed E-state index contributed by atoms with van der Waals surface area (Å²) < 4.78 is 24.0. The van der Waals surface area contributed by atoms with E-state index in [0.29, 0.717) is 24.1 Å². The van der Waals surface area contributed by atoms with Crippen LogP contribution in [-0.2, 0) is 13.6 Å². The van der Waals surface area contributed by atoms with Gasteiger partial charge >= 0.3 is 0 Å². The van der Waals surface area contributed by atoms with Gasteiger partial charge in [-0.05, 0) is 25.9 Å². The largest absolute Gasteiger partial charge is 0.756 e. The third kappa shape index (κ3) is 38.8. The summed E-state index contributed by atoms with van der Waals surface area (Å²) in [6, 6.07) is 0. The summed E-state index contributed by atoms with van der Waals surface area (Å²) in [7, 11) is 1.70. The van der Waals surface area contributed by atoms with Gasteiger partial charge in [0.05, 0.1) is 27.2 Å². The molecule has 0 aromatic rings. The zero-order valence-corrected chi connectivity index (χ0v) is 34.0. The Hall–Kier alpha value is -0.0100. The molecule has 0 heterocycles. The predicted molar refractivity (Wildman–Crippen MR) is 208 cm³/mol. The molecule has 0 saturated heterocycles. The Morgan fingerprint density at radius 2 is 0.812 bits per heavy atom. The number of quaternary nitrogens is 1. The van der Waals surface area contributed by atoms with E-state index in [2.05, 4.69) is 24.5 Å². The maximum absolute atomic E-state index is 12.6. The topological polar surface area (TPSA) is 82.7 Å². The summed E-state index contributed by atoms with van der Waals surface area (Å²) in [6.07, 6.45) is 37.3. The molecule has 48 heavy (non-hydrogen) atoms. The quantitative estimate of drug-likeness (QED) is 0.0376. The molecule has 0 aliphatic rings. The molecule has 1 unspecified atom stereocenters. The summed E-state index contributed by atoms with van der Waals surface area (Å²) in [6.45, 7) is 8.10. The Morgan fingerprint density at radius 1 is 0.521 bits per heavy atom. The number of phosphoric acid groups is 1. The van der Waals surface area contributed by atoms with Crippen molar-refractivity contribution in [2.45, 2.75) is 200 Å². The highest BCUT2D eigenvalue weighted by Gasteiger charge is 2.19.